The highest BCUT2D eigenvalue weighted by Crippen LogP contribution is 1.94. The van der Waals surface area contributed by atoms with Crippen LogP contribution in [0.5, 0.6) is 0 Å². The Labute approximate surface area is 151 Å². The van der Waals surface area contributed by atoms with Crippen LogP contribution in [0.3, 0.4) is 0 Å². The van der Waals surface area contributed by atoms with Gasteiger partial charge >= 0.3 is 12.0 Å². The van der Waals surface area contributed by atoms with Gasteiger partial charge in [0.2, 0.25) is 0 Å². The van der Waals surface area contributed by atoms with Gasteiger partial charge in [0.1, 0.15) is 18.4 Å². The fourth-order valence-corrected chi connectivity index (χ4v) is 1.39. The number of rotatable bonds is 13. The second-order valence-corrected chi connectivity index (χ2v) is 4.74. The Morgan fingerprint density at radius 3 is 2.41 bits per heavy atom. The topological polar surface area (TPSA) is 225 Å². The number of carboxylic acids is 1. The quantitative estimate of drug-likeness (QED) is 0.121. The molecule has 0 rings (SSSR count). The molecule has 0 aliphatic heterocycles. The maximum Gasteiger partial charge on any atom is 0.335 e. The van der Waals surface area contributed by atoms with Crippen molar-refractivity contribution in [2.24, 2.45) is 5.10 Å². The summed E-state index contributed by atoms with van der Waals surface area (Å²) < 4.78 is 0. The summed E-state index contributed by atoms with van der Waals surface area (Å²) in [4.78, 5) is 61.8. The Balaban J connectivity index is 4.33. The molecule has 0 heterocycles. The number of hydrazone groups is 1. The highest BCUT2D eigenvalue weighted by Gasteiger charge is 2.18. The monoisotopic (exact) mass is 394 g/mol. The molecule has 4 N–H and O–H groups in total. The summed E-state index contributed by atoms with van der Waals surface area (Å²) in [7, 11) is 0. The van der Waals surface area contributed by atoms with Gasteiger partial charge in [-0.25, -0.2) is 10.2 Å². The lowest BCUT2D eigenvalue weighted by atomic mass is 10.3. The molecule has 0 aromatic rings. The third-order valence-corrected chi connectivity index (χ3v) is 2.60. The van der Waals surface area contributed by atoms with E-state index in [1.807, 2.05) is 5.43 Å². The summed E-state index contributed by atoms with van der Waals surface area (Å²) in [5.41, 5.74) is 1.76. The molecule has 0 bridgehead atoms. The summed E-state index contributed by atoms with van der Waals surface area (Å²) in [6, 6.07) is -0.776. The summed E-state index contributed by atoms with van der Waals surface area (Å²) in [5.74, 6) is -1.84. The van der Waals surface area contributed by atoms with Gasteiger partial charge in [0.05, 0.1) is 0 Å². The highest BCUT2D eigenvalue weighted by molar-refractivity contribution is 6.37. The van der Waals surface area contributed by atoms with Crippen molar-refractivity contribution in [2.45, 2.75) is 25.9 Å². The molecule has 1 atom stereocenters. The van der Waals surface area contributed by atoms with Crippen molar-refractivity contribution in [2.75, 3.05) is 19.7 Å². The third-order valence-electron chi connectivity index (χ3n) is 2.60. The highest BCUT2D eigenvalue weighted by atomic mass is 17.0. The number of carboxylic acid groups (broad SMARTS) is 1. The van der Waals surface area contributed by atoms with Crippen molar-refractivity contribution in [3.8, 4) is 0 Å². The number of carbonyl (C=O) groups excluding carboxylic acids is 2. The molecular weight excluding hydrogens is 376 g/mol. The molecule has 0 radical (unpaired) electrons. The van der Waals surface area contributed by atoms with E-state index in [1.165, 1.54) is 6.92 Å². The van der Waals surface area contributed by atoms with Crippen LogP contribution >= 0.6 is 0 Å². The Morgan fingerprint density at radius 2 is 1.85 bits per heavy atom. The number of hydrogen-bond acceptors (Lipinski definition) is 10. The number of nitrogens with zero attached hydrogens (tertiary/aromatic N) is 3. The minimum absolute atomic E-state index is 0.0786. The summed E-state index contributed by atoms with van der Waals surface area (Å²) >= 11 is 0. The minimum atomic E-state index is -1.44. The average molecular weight is 394 g/mol. The molecule has 16 heteroatoms. The van der Waals surface area contributed by atoms with Crippen LogP contribution in [0.15, 0.2) is 5.10 Å². The molecule has 0 unspecified atom stereocenters. The lowest BCUT2D eigenvalue weighted by molar-refractivity contribution is -0.789. The Morgan fingerprint density at radius 1 is 1.19 bits per heavy atom. The molecule has 0 fully saturated rings. The van der Waals surface area contributed by atoms with Gasteiger partial charge in [0.15, 0.2) is 0 Å². The van der Waals surface area contributed by atoms with Crippen molar-refractivity contribution in [1.29, 1.82) is 0 Å². The predicted molar refractivity (Wildman–Crippen MR) is 84.3 cm³/mol. The molecule has 16 nitrogen and oxygen atoms in total. The first-order valence-electron chi connectivity index (χ1n) is 7.28. The smallest absolute Gasteiger partial charge is 0.335 e. The second kappa shape index (κ2) is 12.6. The standard InChI is InChI=1S/C11H18N6O10/c1-7(14-15-11(21)12-4-2-3-9(18)19)10(20)13-5-8(27-17(24)25)6-26-16(22)23/h8H,2-6H2,1H3,(H,13,20)(H,18,19)(H2,12,15,21)/b14-7+/t8-/m1/s1. The lowest BCUT2D eigenvalue weighted by Crippen LogP contribution is -2.41. The number of aliphatic carboxylic acids is 1. The largest absolute Gasteiger partial charge is 0.481 e. The van der Waals surface area contributed by atoms with Gasteiger partial charge < -0.3 is 25.4 Å². The van der Waals surface area contributed by atoms with Crippen molar-refractivity contribution < 1.29 is 39.3 Å². The van der Waals surface area contributed by atoms with Gasteiger partial charge in [-0.2, -0.15) is 5.10 Å². The van der Waals surface area contributed by atoms with Crippen LogP contribution in [-0.4, -0.2) is 64.7 Å². The van der Waals surface area contributed by atoms with E-state index >= 15 is 0 Å². The molecule has 3 amide bonds. The van der Waals surface area contributed by atoms with Crippen LogP contribution < -0.4 is 16.1 Å². The molecule has 0 spiro atoms. The lowest BCUT2D eigenvalue weighted by Gasteiger charge is -2.14. The van der Waals surface area contributed by atoms with Crippen molar-refractivity contribution in [1.82, 2.24) is 16.1 Å². The van der Waals surface area contributed by atoms with E-state index in [0.29, 0.717) is 0 Å². The molecule has 0 aromatic carbocycles. The van der Waals surface area contributed by atoms with E-state index in [4.69, 9.17) is 5.11 Å². The zero-order valence-corrected chi connectivity index (χ0v) is 14.1. The number of carbonyl (C=O) groups is 3. The fraction of sp³-hybridized carbons (Fsp3) is 0.636. The zero-order chi connectivity index (χ0) is 20.8. The van der Waals surface area contributed by atoms with E-state index in [0.717, 1.165) is 0 Å². The SMILES string of the molecule is C/C(=N\NC(=O)NCCCC(=O)O)C(=O)NC[C@H](CO[N+](=O)[O-])O[N+](=O)[O-]. The van der Waals surface area contributed by atoms with E-state index in [9.17, 15) is 34.6 Å². The number of amides is 3. The van der Waals surface area contributed by atoms with Crippen LogP contribution in [0.1, 0.15) is 19.8 Å². The maximum atomic E-state index is 11.7. The van der Waals surface area contributed by atoms with Gasteiger partial charge in [-0.3, -0.25) is 9.59 Å². The first kappa shape index (κ1) is 23.3. The summed E-state index contributed by atoms with van der Waals surface area (Å²) in [6.45, 7) is 0.00945. The Bertz CT molecular complexity index is 594. The first-order chi connectivity index (χ1) is 12.6. The first-order valence-corrected chi connectivity index (χ1v) is 7.28. The van der Waals surface area contributed by atoms with Crippen molar-refractivity contribution in [3.05, 3.63) is 20.2 Å². The molecule has 0 aliphatic rings. The van der Waals surface area contributed by atoms with Crippen LogP contribution in [0.2, 0.25) is 0 Å². The second-order valence-electron chi connectivity index (χ2n) is 4.74. The van der Waals surface area contributed by atoms with E-state index in [1.54, 1.807) is 0 Å². The van der Waals surface area contributed by atoms with E-state index in [-0.39, 0.29) is 25.1 Å². The summed E-state index contributed by atoms with van der Waals surface area (Å²) in [5, 5.41) is 34.4. The maximum absolute atomic E-state index is 11.7. The molecule has 0 aliphatic carbocycles. The molecule has 0 aromatic heterocycles. The van der Waals surface area contributed by atoms with E-state index < -0.39 is 47.3 Å². The van der Waals surface area contributed by atoms with E-state index in [2.05, 4.69) is 25.4 Å². The summed E-state index contributed by atoms with van der Waals surface area (Å²) in [6.07, 6.45) is -1.36. The Kier molecular flexibility index (Phi) is 10.9. The zero-order valence-electron chi connectivity index (χ0n) is 14.1. The van der Waals surface area contributed by atoms with Gasteiger partial charge in [-0.15, -0.1) is 20.2 Å². The minimum Gasteiger partial charge on any atom is -0.481 e. The third kappa shape index (κ3) is 13.3. The number of nitrogens with one attached hydrogen (secondary N) is 3. The van der Waals surface area contributed by atoms with Gasteiger partial charge in [-0.1, -0.05) is 0 Å². The van der Waals surface area contributed by atoms with Gasteiger partial charge in [0.25, 0.3) is 16.1 Å². The fourth-order valence-electron chi connectivity index (χ4n) is 1.39. The normalized spacial score (nSPS) is 11.7. The average Bonchev–Trinajstić information content (AvgIpc) is 2.57. The molecular formula is C11H18N6O10. The number of urea groups is 1. The van der Waals surface area contributed by atoms with Crippen molar-refractivity contribution >= 4 is 23.6 Å². The number of hydrogen-bond donors (Lipinski definition) is 4. The van der Waals surface area contributed by atoms with Crippen LogP contribution in [0.4, 0.5) is 4.79 Å². The molecule has 27 heavy (non-hydrogen) atoms. The van der Waals surface area contributed by atoms with Crippen LogP contribution in [-0.2, 0) is 19.3 Å². The molecule has 0 saturated heterocycles. The van der Waals surface area contributed by atoms with Crippen LogP contribution in [0.25, 0.3) is 0 Å². The van der Waals surface area contributed by atoms with Crippen LogP contribution in [0, 0.1) is 20.2 Å². The molecule has 152 valence electrons. The van der Waals surface area contributed by atoms with Crippen molar-refractivity contribution in [3.63, 3.8) is 0 Å². The Hall–Kier alpha value is -3.72. The van der Waals surface area contributed by atoms with Gasteiger partial charge in [-0.05, 0) is 13.3 Å². The predicted octanol–water partition coefficient (Wildman–Crippen LogP) is -1.57. The molecule has 0 saturated carbocycles. The van der Waals surface area contributed by atoms with Gasteiger partial charge in [0, 0.05) is 19.5 Å².